The lowest BCUT2D eigenvalue weighted by Gasteiger charge is -2.08. The Morgan fingerprint density at radius 3 is 2.89 bits per heavy atom. The van der Waals surface area contributed by atoms with Gasteiger partial charge in [-0.05, 0) is 29.2 Å². The number of carbonyl (C=O) groups is 1. The molecule has 1 aliphatic rings. The number of hydrogen-bond donors (Lipinski definition) is 1. The van der Waals surface area contributed by atoms with E-state index in [2.05, 4.69) is 15.5 Å². The summed E-state index contributed by atoms with van der Waals surface area (Å²) in [6.45, 7) is 0.597. The molecule has 1 saturated carbocycles. The van der Waals surface area contributed by atoms with Gasteiger partial charge in [0.2, 0.25) is 0 Å². The number of aliphatic carboxylic acids is 1. The molecule has 18 heavy (non-hydrogen) atoms. The van der Waals surface area contributed by atoms with Crippen molar-refractivity contribution < 1.29 is 9.90 Å². The third-order valence-corrected chi connectivity index (χ3v) is 3.62. The summed E-state index contributed by atoms with van der Waals surface area (Å²) in [4.78, 5) is 10.5. The number of hydrogen-bond acceptors (Lipinski definition) is 4. The van der Waals surface area contributed by atoms with E-state index in [9.17, 15) is 4.79 Å². The second kappa shape index (κ2) is 6.47. The van der Waals surface area contributed by atoms with Crippen molar-refractivity contribution in [1.29, 1.82) is 0 Å². The molecule has 6 heteroatoms. The van der Waals surface area contributed by atoms with Crippen LogP contribution in [0.4, 0.5) is 0 Å². The summed E-state index contributed by atoms with van der Waals surface area (Å²) in [5, 5.41) is 20.2. The van der Waals surface area contributed by atoms with Crippen LogP contribution in [0.15, 0.2) is 0 Å². The Bertz CT molecular complexity index is 385. The number of aryl methyl sites for hydroxylation is 2. The molecule has 0 unspecified atom stereocenters. The molecule has 0 atom stereocenters. The van der Waals surface area contributed by atoms with Crippen molar-refractivity contribution in [3.05, 3.63) is 5.82 Å². The molecule has 0 aliphatic heterocycles. The molecule has 1 aromatic rings. The Morgan fingerprint density at radius 1 is 1.39 bits per heavy atom. The summed E-state index contributed by atoms with van der Waals surface area (Å²) in [7, 11) is 0. The van der Waals surface area contributed by atoms with Gasteiger partial charge in [-0.2, -0.15) is 0 Å². The molecule has 6 nitrogen and oxygen atoms in total. The van der Waals surface area contributed by atoms with Crippen LogP contribution in [0.2, 0.25) is 0 Å². The summed E-state index contributed by atoms with van der Waals surface area (Å²) < 4.78 is 1.75. The van der Waals surface area contributed by atoms with Gasteiger partial charge in [0.25, 0.3) is 0 Å². The maximum absolute atomic E-state index is 10.5. The van der Waals surface area contributed by atoms with E-state index in [0.29, 0.717) is 13.0 Å². The minimum Gasteiger partial charge on any atom is -0.481 e. The third kappa shape index (κ3) is 3.78. The predicted molar refractivity (Wildman–Crippen MR) is 65.0 cm³/mol. The lowest BCUT2D eigenvalue weighted by molar-refractivity contribution is -0.137. The summed E-state index contributed by atoms with van der Waals surface area (Å²) in [6, 6.07) is 0. The van der Waals surface area contributed by atoms with E-state index in [4.69, 9.17) is 5.11 Å². The molecule has 0 saturated heterocycles. The van der Waals surface area contributed by atoms with Crippen molar-refractivity contribution in [3.63, 3.8) is 0 Å². The van der Waals surface area contributed by atoms with Gasteiger partial charge in [-0.3, -0.25) is 4.79 Å². The molecule has 1 N–H and O–H groups in total. The first kappa shape index (κ1) is 13.0. The topological polar surface area (TPSA) is 80.9 Å². The van der Waals surface area contributed by atoms with E-state index in [1.54, 1.807) is 4.68 Å². The van der Waals surface area contributed by atoms with Crippen LogP contribution in [0.5, 0.6) is 0 Å². The molecule has 1 heterocycles. The molecule has 0 aromatic carbocycles. The summed E-state index contributed by atoms with van der Waals surface area (Å²) in [6.07, 6.45) is 8.19. The fourth-order valence-corrected chi connectivity index (χ4v) is 2.59. The Kier molecular flexibility index (Phi) is 4.66. The van der Waals surface area contributed by atoms with Gasteiger partial charge >= 0.3 is 5.97 Å². The normalized spacial score (nSPS) is 16.2. The minimum absolute atomic E-state index is 0.169. The molecule has 0 amide bonds. The van der Waals surface area contributed by atoms with Crippen LogP contribution in [0.1, 0.15) is 50.8 Å². The highest BCUT2D eigenvalue weighted by Gasteiger charge is 2.16. The van der Waals surface area contributed by atoms with E-state index in [1.165, 1.54) is 25.7 Å². The zero-order valence-corrected chi connectivity index (χ0v) is 10.6. The van der Waals surface area contributed by atoms with Gasteiger partial charge < -0.3 is 5.11 Å². The Morgan fingerprint density at radius 2 is 2.17 bits per heavy atom. The number of tetrazole rings is 1. The standard InChI is InChI=1S/C12H20N4O2/c17-12(18)6-3-9-16-11(13-14-15-16)8-7-10-4-1-2-5-10/h10H,1-9H2,(H,17,18). The van der Waals surface area contributed by atoms with Gasteiger partial charge in [-0.1, -0.05) is 25.7 Å². The maximum atomic E-state index is 10.5. The summed E-state index contributed by atoms with van der Waals surface area (Å²) in [5.74, 6) is 0.956. The highest BCUT2D eigenvalue weighted by molar-refractivity contribution is 5.66. The van der Waals surface area contributed by atoms with Crippen LogP contribution >= 0.6 is 0 Å². The van der Waals surface area contributed by atoms with Crippen LogP contribution in [0.3, 0.4) is 0 Å². The highest BCUT2D eigenvalue weighted by Crippen LogP contribution is 2.28. The van der Waals surface area contributed by atoms with E-state index < -0.39 is 5.97 Å². The van der Waals surface area contributed by atoms with Crippen LogP contribution in [-0.4, -0.2) is 31.3 Å². The molecule has 100 valence electrons. The van der Waals surface area contributed by atoms with Crippen LogP contribution < -0.4 is 0 Å². The van der Waals surface area contributed by atoms with Crippen molar-refractivity contribution in [2.45, 2.75) is 57.9 Å². The van der Waals surface area contributed by atoms with E-state index in [-0.39, 0.29) is 6.42 Å². The Hall–Kier alpha value is -1.46. The van der Waals surface area contributed by atoms with Crippen molar-refractivity contribution in [2.75, 3.05) is 0 Å². The fraction of sp³-hybridized carbons (Fsp3) is 0.833. The maximum Gasteiger partial charge on any atom is 0.303 e. The van der Waals surface area contributed by atoms with Gasteiger partial charge in [0.05, 0.1) is 0 Å². The molecule has 2 rings (SSSR count). The molecule has 1 aromatic heterocycles. The summed E-state index contributed by atoms with van der Waals surface area (Å²) >= 11 is 0. The quantitative estimate of drug-likeness (QED) is 0.798. The van der Waals surface area contributed by atoms with Gasteiger partial charge in [0, 0.05) is 19.4 Å². The average molecular weight is 252 g/mol. The number of nitrogens with zero attached hydrogens (tertiary/aromatic N) is 4. The second-order valence-electron chi connectivity index (χ2n) is 5.00. The van der Waals surface area contributed by atoms with Gasteiger partial charge in [0.15, 0.2) is 5.82 Å². The molecule has 1 fully saturated rings. The van der Waals surface area contributed by atoms with Crippen molar-refractivity contribution in [1.82, 2.24) is 20.2 Å². The lowest BCUT2D eigenvalue weighted by atomic mass is 10.0. The molecule has 0 spiro atoms. The predicted octanol–water partition coefficient (Wildman–Crippen LogP) is 1.66. The molecular weight excluding hydrogens is 232 g/mol. The first-order valence-electron chi connectivity index (χ1n) is 6.72. The van der Waals surface area contributed by atoms with Gasteiger partial charge in [-0.25, -0.2) is 4.68 Å². The van der Waals surface area contributed by atoms with Crippen LogP contribution in [0.25, 0.3) is 0 Å². The Labute approximate surface area is 106 Å². The number of carboxylic acid groups (broad SMARTS) is 1. The van der Waals surface area contributed by atoms with E-state index in [0.717, 1.165) is 24.6 Å². The van der Waals surface area contributed by atoms with Crippen molar-refractivity contribution in [3.8, 4) is 0 Å². The highest BCUT2D eigenvalue weighted by atomic mass is 16.4. The third-order valence-electron chi connectivity index (χ3n) is 3.62. The van der Waals surface area contributed by atoms with Crippen molar-refractivity contribution in [2.24, 2.45) is 5.92 Å². The molecular formula is C12H20N4O2. The molecule has 1 aliphatic carbocycles. The first-order chi connectivity index (χ1) is 8.75. The molecule has 0 radical (unpaired) electrons. The Balaban J connectivity index is 1.77. The molecule has 0 bridgehead atoms. The number of rotatable bonds is 7. The van der Waals surface area contributed by atoms with E-state index in [1.807, 2.05) is 0 Å². The number of aromatic nitrogens is 4. The smallest absolute Gasteiger partial charge is 0.303 e. The summed E-state index contributed by atoms with van der Waals surface area (Å²) in [5.41, 5.74) is 0. The fourth-order valence-electron chi connectivity index (χ4n) is 2.59. The van der Waals surface area contributed by atoms with Crippen LogP contribution in [-0.2, 0) is 17.8 Å². The second-order valence-corrected chi connectivity index (χ2v) is 5.00. The average Bonchev–Trinajstić information content (AvgIpc) is 2.96. The van der Waals surface area contributed by atoms with Crippen molar-refractivity contribution >= 4 is 5.97 Å². The van der Waals surface area contributed by atoms with Crippen LogP contribution in [0, 0.1) is 5.92 Å². The van der Waals surface area contributed by atoms with Gasteiger partial charge in [0.1, 0.15) is 0 Å². The SMILES string of the molecule is O=C(O)CCCn1nnnc1CCC1CCCC1. The zero-order valence-electron chi connectivity index (χ0n) is 10.6. The van der Waals surface area contributed by atoms with Gasteiger partial charge in [-0.15, -0.1) is 5.10 Å². The zero-order chi connectivity index (χ0) is 12.8. The lowest BCUT2D eigenvalue weighted by Crippen LogP contribution is -2.09. The monoisotopic (exact) mass is 252 g/mol. The number of carboxylic acids is 1. The first-order valence-corrected chi connectivity index (χ1v) is 6.72. The minimum atomic E-state index is -0.768. The largest absolute Gasteiger partial charge is 0.481 e. The van der Waals surface area contributed by atoms with E-state index >= 15 is 0 Å².